The molecular weight excluding hydrogens is 314 g/mol. The third-order valence-corrected chi connectivity index (χ3v) is 3.65. The summed E-state index contributed by atoms with van der Waals surface area (Å²) in [6, 6.07) is 10.3. The lowest BCUT2D eigenvalue weighted by Crippen LogP contribution is -2.41. The van der Waals surface area contributed by atoms with Crippen molar-refractivity contribution in [3.05, 3.63) is 59.7 Å². The van der Waals surface area contributed by atoms with E-state index in [9.17, 15) is 18.4 Å². The third kappa shape index (κ3) is 3.76. The Morgan fingerprint density at radius 1 is 0.875 bits per heavy atom. The van der Waals surface area contributed by atoms with E-state index in [-0.39, 0.29) is 0 Å². The number of amides is 2. The number of para-hydroxylation sites is 1. The molecule has 0 radical (unpaired) electrons. The average molecular weight is 332 g/mol. The Balaban J connectivity index is 2.14. The van der Waals surface area contributed by atoms with Crippen LogP contribution in [0.3, 0.4) is 0 Å². The Bertz CT molecular complexity index is 751. The zero-order valence-electron chi connectivity index (χ0n) is 13.6. The number of benzene rings is 2. The van der Waals surface area contributed by atoms with Gasteiger partial charge in [-0.2, -0.15) is 0 Å². The molecule has 0 fully saturated rings. The molecule has 0 saturated carbocycles. The number of hydrogen-bond donors (Lipinski definition) is 2. The quantitative estimate of drug-likeness (QED) is 0.835. The van der Waals surface area contributed by atoms with Crippen molar-refractivity contribution in [3.8, 4) is 0 Å². The fourth-order valence-corrected chi connectivity index (χ4v) is 1.91. The molecule has 0 unspecified atom stereocenters. The molecule has 0 atom stereocenters. The number of carbonyl (C=O) groups is 2. The molecule has 0 saturated heterocycles. The maximum absolute atomic E-state index is 13.6. The minimum atomic E-state index is -1.53. The number of carbonyl (C=O) groups excluding carboxylic acids is 2. The summed E-state index contributed by atoms with van der Waals surface area (Å²) in [5.41, 5.74) is -0.540. The Hall–Kier alpha value is -2.76. The van der Waals surface area contributed by atoms with E-state index in [2.05, 4.69) is 10.6 Å². The van der Waals surface area contributed by atoms with Gasteiger partial charge in [-0.05, 0) is 45.0 Å². The summed E-state index contributed by atoms with van der Waals surface area (Å²) in [5.74, 6) is -3.20. The van der Waals surface area contributed by atoms with Gasteiger partial charge in [-0.1, -0.05) is 23.8 Å². The summed E-state index contributed by atoms with van der Waals surface area (Å²) in [4.78, 5) is 24.7. The minimum Gasteiger partial charge on any atom is -0.325 e. The number of halogens is 2. The van der Waals surface area contributed by atoms with Gasteiger partial charge in [-0.25, -0.2) is 8.78 Å². The molecule has 126 valence electrons. The van der Waals surface area contributed by atoms with Gasteiger partial charge >= 0.3 is 0 Å². The molecule has 0 bridgehead atoms. The Kier molecular flexibility index (Phi) is 4.97. The first kappa shape index (κ1) is 17.6. The highest BCUT2D eigenvalue weighted by atomic mass is 19.1. The fourth-order valence-electron chi connectivity index (χ4n) is 1.91. The van der Waals surface area contributed by atoms with Crippen LogP contribution < -0.4 is 10.6 Å². The van der Waals surface area contributed by atoms with Gasteiger partial charge in [0.05, 0.1) is 0 Å². The summed E-state index contributed by atoms with van der Waals surface area (Å²) in [6.07, 6.45) is 0. The van der Waals surface area contributed by atoms with Crippen LogP contribution in [0.25, 0.3) is 0 Å². The van der Waals surface area contributed by atoms with E-state index < -0.39 is 34.6 Å². The van der Waals surface area contributed by atoms with Crippen LogP contribution in [-0.2, 0) is 9.59 Å². The Labute approximate surface area is 138 Å². The maximum Gasteiger partial charge on any atom is 0.239 e. The van der Waals surface area contributed by atoms with E-state index in [1.165, 1.54) is 19.9 Å². The summed E-state index contributed by atoms with van der Waals surface area (Å²) >= 11 is 0. The molecule has 2 amide bonds. The van der Waals surface area contributed by atoms with Crippen molar-refractivity contribution in [1.29, 1.82) is 0 Å². The highest BCUT2D eigenvalue weighted by Gasteiger charge is 2.37. The predicted octanol–water partition coefficient (Wildman–Crippen LogP) is 3.88. The standard InChI is InChI=1S/C18H18F2N2O2/c1-11-7-9-12(10-8-11)21-16(23)18(2,3)17(24)22-15-13(19)5-4-6-14(15)20/h4-10H,1-3H3,(H,21,23)(H,22,24). The number of hydrogen-bond acceptors (Lipinski definition) is 2. The van der Waals surface area contributed by atoms with Gasteiger partial charge in [-0.15, -0.1) is 0 Å². The second kappa shape index (κ2) is 6.78. The van der Waals surface area contributed by atoms with Crippen LogP contribution in [0.1, 0.15) is 19.4 Å². The molecule has 0 spiro atoms. The van der Waals surface area contributed by atoms with Crippen LogP contribution in [0.5, 0.6) is 0 Å². The average Bonchev–Trinajstić information content (AvgIpc) is 2.53. The number of rotatable bonds is 4. The highest BCUT2D eigenvalue weighted by molar-refractivity contribution is 6.14. The molecule has 2 rings (SSSR count). The highest BCUT2D eigenvalue weighted by Crippen LogP contribution is 2.24. The van der Waals surface area contributed by atoms with Crippen LogP contribution in [-0.4, -0.2) is 11.8 Å². The normalized spacial score (nSPS) is 11.0. The lowest BCUT2D eigenvalue weighted by Gasteiger charge is -2.23. The van der Waals surface area contributed by atoms with E-state index in [4.69, 9.17) is 0 Å². The summed E-state index contributed by atoms with van der Waals surface area (Å²) in [7, 11) is 0. The Morgan fingerprint density at radius 3 is 1.92 bits per heavy atom. The van der Waals surface area contributed by atoms with Gasteiger partial charge in [-0.3, -0.25) is 9.59 Å². The molecule has 2 aromatic carbocycles. The minimum absolute atomic E-state index is 0.531. The number of aryl methyl sites for hydroxylation is 1. The van der Waals surface area contributed by atoms with Gasteiger partial charge < -0.3 is 10.6 Å². The fraction of sp³-hybridized carbons (Fsp3) is 0.222. The van der Waals surface area contributed by atoms with Crippen LogP contribution in [0, 0.1) is 24.0 Å². The Morgan fingerprint density at radius 2 is 1.38 bits per heavy atom. The lowest BCUT2D eigenvalue weighted by atomic mass is 9.90. The monoisotopic (exact) mass is 332 g/mol. The second-order valence-electron chi connectivity index (χ2n) is 6.00. The zero-order valence-corrected chi connectivity index (χ0v) is 13.6. The molecule has 0 aliphatic carbocycles. The van der Waals surface area contributed by atoms with Crippen molar-refractivity contribution >= 4 is 23.2 Å². The lowest BCUT2D eigenvalue weighted by molar-refractivity contribution is -0.135. The van der Waals surface area contributed by atoms with Crippen molar-refractivity contribution in [1.82, 2.24) is 0 Å². The van der Waals surface area contributed by atoms with Crippen LogP contribution in [0.4, 0.5) is 20.2 Å². The molecule has 4 nitrogen and oxygen atoms in total. The van der Waals surface area contributed by atoms with E-state index in [0.29, 0.717) is 5.69 Å². The summed E-state index contributed by atoms with van der Waals surface area (Å²) < 4.78 is 27.3. The largest absolute Gasteiger partial charge is 0.325 e. The molecular formula is C18H18F2N2O2. The van der Waals surface area contributed by atoms with Crippen molar-refractivity contribution in [2.45, 2.75) is 20.8 Å². The first-order valence-corrected chi connectivity index (χ1v) is 7.35. The maximum atomic E-state index is 13.6. The molecule has 0 heterocycles. The molecule has 2 aromatic rings. The van der Waals surface area contributed by atoms with E-state index in [1.807, 2.05) is 19.1 Å². The van der Waals surface area contributed by atoms with E-state index in [0.717, 1.165) is 17.7 Å². The molecule has 6 heteroatoms. The van der Waals surface area contributed by atoms with Gasteiger partial charge in [0, 0.05) is 5.69 Å². The topological polar surface area (TPSA) is 58.2 Å². The van der Waals surface area contributed by atoms with Crippen molar-refractivity contribution in [2.24, 2.45) is 5.41 Å². The van der Waals surface area contributed by atoms with Crippen LogP contribution in [0.2, 0.25) is 0 Å². The zero-order chi connectivity index (χ0) is 17.9. The van der Waals surface area contributed by atoms with Crippen LogP contribution >= 0.6 is 0 Å². The van der Waals surface area contributed by atoms with Gasteiger partial charge in [0.25, 0.3) is 0 Å². The van der Waals surface area contributed by atoms with E-state index in [1.54, 1.807) is 12.1 Å². The number of anilines is 2. The molecule has 24 heavy (non-hydrogen) atoms. The number of nitrogens with one attached hydrogen (secondary N) is 2. The smallest absolute Gasteiger partial charge is 0.239 e. The van der Waals surface area contributed by atoms with Crippen molar-refractivity contribution in [2.75, 3.05) is 10.6 Å². The van der Waals surface area contributed by atoms with Crippen LogP contribution in [0.15, 0.2) is 42.5 Å². The van der Waals surface area contributed by atoms with Crippen molar-refractivity contribution < 1.29 is 18.4 Å². The molecule has 0 aromatic heterocycles. The SMILES string of the molecule is Cc1ccc(NC(=O)C(C)(C)C(=O)Nc2c(F)cccc2F)cc1. The molecule has 0 aliphatic heterocycles. The summed E-state index contributed by atoms with van der Waals surface area (Å²) in [6.45, 7) is 4.67. The van der Waals surface area contributed by atoms with Crippen molar-refractivity contribution in [3.63, 3.8) is 0 Å². The molecule has 0 aliphatic rings. The first-order valence-electron chi connectivity index (χ1n) is 7.35. The third-order valence-electron chi connectivity index (χ3n) is 3.65. The second-order valence-corrected chi connectivity index (χ2v) is 6.00. The van der Waals surface area contributed by atoms with Gasteiger partial charge in [0.1, 0.15) is 22.7 Å². The van der Waals surface area contributed by atoms with Gasteiger partial charge in [0.15, 0.2) is 0 Å². The van der Waals surface area contributed by atoms with Gasteiger partial charge in [0.2, 0.25) is 11.8 Å². The summed E-state index contributed by atoms with van der Waals surface area (Å²) in [5, 5.41) is 4.76. The predicted molar refractivity (Wildman–Crippen MR) is 88.6 cm³/mol. The molecule has 2 N–H and O–H groups in total. The first-order chi connectivity index (χ1) is 11.2. The van der Waals surface area contributed by atoms with E-state index >= 15 is 0 Å².